The monoisotopic (exact) mass is 167 g/mol. The average Bonchev–Trinajstić information content (AvgIpc) is 2.34. The normalized spacial score (nSPS) is 11.1. The van der Waals surface area contributed by atoms with Gasteiger partial charge < -0.3 is 5.32 Å². The van der Waals surface area contributed by atoms with Crippen LogP contribution in [0.2, 0.25) is 0 Å². The van der Waals surface area contributed by atoms with Crippen LogP contribution in [0, 0.1) is 6.92 Å². The molecule has 3 nitrogen and oxygen atoms in total. The summed E-state index contributed by atoms with van der Waals surface area (Å²) in [6.45, 7) is 7.30. The predicted molar refractivity (Wildman–Crippen MR) is 50.1 cm³/mol. The highest BCUT2D eigenvalue weighted by atomic mass is 15.3. The molecule has 0 aliphatic carbocycles. The molecule has 0 unspecified atom stereocenters. The zero-order valence-electron chi connectivity index (χ0n) is 8.26. The van der Waals surface area contributed by atoms with E-state index < -0.39 is 0 Å². The SMILES string of the molecule is CNCc1cnn(C(C)C)c1C. The highest BCUT2D eigenvalue weighted by Gasteiger charge is 2.06. The summed E-state index contributed by atoms with van der Waals surface area (Å²) in [7, 11) is 1.95. The number of nitrogens with zero attached hydrogens (tertiary/aromatic N) is 2. The fourth-order valence-electron chi connectivity index (χ4n) is 1.34. The molecule has 1 heterocycles. The topological polar surface area (TPSA) is 29.9 Å². The molecule has 0 bridgehead atoms. The molecule has 1 rings (SSSR count). The first-order valence-electron chi connectivity index (χ1n) is 4.34. The maximum absolute atomic E-state index is 4.31. The molecule has 0 saturated heterocycles. The second-order valence-electron chi connectivity index (χ2n) is 3.32. The van der Waals surface area contributed by atoms with Gasteiger partial charge in [0.05, 0.1) is 6.20 Å². The van der Waals surface area contributed by atoms with E-state index in [1.165, 1.54) is 11.3 Å². The number of nitrogens with one attached hydrogen (secondary N) is 1. The molecule has 1 aromatic heterocycles. The largest absolute Gasteiger partial charge is 0.316 e. The summed E-state index contributed by atoms with van der Waals surface area (Å²) in [6, 6.07) is 0.454. The fraction of sp³-hybridized carbons (Fsp3) is 0.667. The van der Waals surface area contributed by atoms with Gasteiger partial charge in [0.25, 0.3) is 0 Å². The Bertz CT molecular complexity index is 250. The van der Waals surface area contributed by atoms with Gasteiger partial charge in [-0.25, -0.2) is 0 Å². The third kappa shape index (κ3) is 1.67. The van der Waals surface area contributed by atoms with Crippen LogP contribution in [0.15, 0.2) is 6.20 Å². The Kier molecular flexibility index (Phi) is 2.87. The van der Waals surface area contributed by atoms with Crippen LogP contribution in [0.5, 0.6) is 0 Å². The van der Waals surface area contributed by atoms with Crippen LogP contribution in [0.1, 0.15) is 31.1 Å². The van der Waals surface area contributed by atoms with E-state index in [0.29, 0.717) is 6.04 Å². The molecule has 0 aliphatic heterocycles. The van der Waals surface area contributed by atoms with Crippen molar-refractivity contribution >= 4 is 0 Å². The van der Waals surface area contributed by atoms with E-state index in [9.17, 15) is 0 Å². The number of hydrogen-bond donors (Lipinski definition) is 1. The van der Waals surface area contributed by atoms with Gasteiger partial charge in [0.1, 0.15) is 0 Å². The van der Waals surface area contributed by atoms with Gasteiger partial charge >= 0.3 is 0 Å². The van der Waals surface area contributed by atoms with Crippen molar-refractivity contribution in [3.63, 3.8) is 0 Å². The summed E-state index contributed by atoms with van der Waals surface area (Å²) in [4.78, 5) is 0. The van der Waals surface area contributed by atoms with E-state index in [4.69, 9.17) is 0 Å². The van der Waals surface area contributed by atoms with Crippen molar-refractivity contribution in [3.8, 4) is 0 Å². The molecule has 0 radical (unpaired) electrons. The van der Waals surface area contributed by atoms with Crippen LogP contribution in [-0.2, 0) is 6.54 Å². The second kappa shape index (κ2) is 3.72. The molecule has 68 valence electrons. The van der Waals surface area contributed by atoms with Gasteiger partial charge in [0.2, 0.25) is 0 Å². The molecular formula is C9H17N3. The minimum absolute atomic E-state index is 0.454. The third-order valence-corrected chi connectivity index (χ3v) is 2.00. The first-order chi connectivity index (χ1) is 5.66. The van der Waals surface area contributed by atoms with Gasteiger partial charge in [-0.3, -0.25) is 4.68 Å². The maximum Gasteiger partial charge on any atom is 0.0537 e. The van der Waals surface area contributed by atoms with Crippen molar-refractivity contribution in [2.75, 3.05) is 7.05 Å². The lowest BCUT2D eigenvalue weighted by Crippen LogP contribution is -2.08. The summed E-state index contributed by atoms with van der Waals surface area (Å²) in [5.41, 5.74) is 2.55. The van der Waals surface area contributed by atoms with Gasteiger partial charge in [-0.2, -0.15) is 5.10 Å². The van der Waals surface area contributed by atoms with Gasteiger partial charge in [-0.15, -0.1) is 0 Å². The van der Waals surface area contributed by atoms with E-state index in [2.05, 4.69) is 31.2 Å². The smallest absolute Gasteiger partial charge is 0.0537 e. The molecule has 1 aromatic rings. The summed E-state index contributed by atoms with van der Waals surface area (Å²) in [5.74, 6) is 0. The molecule has 3 heteroatoms. The molecule has 12 heavy (non-hydrogen) atoms. The van der Waals surface area contributed by atoms with Crippen molar-refractivity contribution in [2.45, 2.75) is 33.4 Å². The third-order valence-electron chi connectivity index (χ3n) is 2.00. The summed E-state index contributed by atoms with van der Waals surface area (Å²) in [6.07, 6.45) is 1.94. The quantitative estimate of drug-likeness (QED) is 0.739. The van der Waals surface area contributed by atoms with Crippen molar-refractivity contribution in [3.05, 3.63) is 17.5 Å². The fourth-order valence-corrected chi connectivity index (χ4v) is 1.34. The van der Waals surface area contributed by atoms with Crippen LogP contribution < -0.4 is 5.32 Å². The standard InChI is InChI=1S/C9H17N3/c1-7(2)12-8(3)9(5-10-4)6-11-12/h6-7,10H,5H2,1-4H3. The lowest BCUT2D eigenvalue weighted by atomic mass is 10.2. The van der Waals surface area contributed by atoms with Crippen LogP contribution in [0.3, 0.4) is 0 Å². The van der Waals surface area contributed by atoms with E-state index in [1.807, 2.05) is 17.9 Å². The second-order valence-corrected chi connectivity index (χ2v) is 3.32. The summed E-state index contributed by atoms with van der Waals surface area (Å²) < 4.78 is 2.05. The highest BCUT2D eigenvalue weighted by Crippen LogP contribution is 2.11. The van der Waals surface area contributed by atoms with Crippen LogP contribution >= 0.6 is 0 Å². The Morgan fingerprint density at radius 3 is 2.67 bits per heavy atom. The molecule has 1 N–H and O–H groups in total. The van der Waals surface area contributed by atoms with Crippen LogP contribution in [0.25, 0.3) is 0 Å². The van der Waals surface area contributed by atoms with Crippen LogP contribution in [-0.4, -0.2) is 16.8 Å². The molecule has 0 saturated carbocycles. The Balaban J connectivity index is 2.88. The Morgan fingerprint density at radius 2 is 2.25 bits per heavy atom. The minimum Gasteiger partial charge on any atom is -0.316 e. The van der Waals surface area contributed by atoms with Crippen molar-refractivity contribution in [2.24, 2.45) is 0 Å². The minimum atomic E-state index is 0.454. The van der Waals surface area contributed by atoms with Crippen LogP contribution in [0.4, 0.5) is 0 Å². The van der Waals surface area contributed by atoms with E-state index in [1.54, 1.807) is 0 Å². The molecule has 0 spiro atoms. The molecule has 0 aliphatic rings. The first kappa shape index (κ1) is 9.26. The van der Waals surface area contributed by atoms with E-state index >= 15 is 0 Å². The average molecular weight is 167 g/mol. The predicted octanol–water partition coefficient (Wildman–Crippen LogP) is 1.49. The first-order valence-corrected chi connectivity index (χ1v) is 4.34. The van der Waals surface area contributed by atoms with E-state index in [0.717, 1.165) is 6.54 Å². The molecular weight excluding hydrogens is 150 g/mol. The van der Waals surface area contributed by atoms with Gasteiger partial charge in [-0.1, -0.05) is 0 Å². The Morgan fingerprint density at radius 1 is 1.58 bits per heavy atom. The van der Waals surface area contributed by atoms with Gasteiger partial charge in [0.15, 0.2) is 0 Å². The summed E-state index contributed by atoms with van der Waals surface area (Å²) >= 11 is 0. The van der Waals surface area contributed by atoms with Gasteiger partial charge in [0, 0.05) is 23.8 Å². The maximum atomic E-state index is 4.31. The highest BCUT2D eigenvalue weighted by molar-refractivity contribution is 5.16. The molecule has 0 aromatic carbocycles. The zero-order valence-corrected chi connectivity index (χ0v) is 8.26. The molecule has 0 fully saturated rings. The lowest BCUT2D eigenvalue weighted by Gasteiger charge is -2.08. The van der Waals surface area contributed by atoms with Crippen molar-refractivity contribution in [1.29, 1.82) is 0 Å². The van der Waals surface area contributed by atoms with Crippen molar-refractivity contribution < 1.29 is 0 Å². The molecule has 0 amide bonds. The Labute approximate surface area is 73.8 Å². The van der Waals surface area contributed by atoms with Crippen molar-refractivity contribution in [1.82, 2.24) is 15.1 Å². The number of aromatic nitrogens is 2. The molecule has 0 atom stereocenters. The van der Waals surface area contributed by atoms with E-state index in [-0.39, 0.29) is 0 Å². The van der Waals surface area contributed by atoms with Gasteiger partial charge in [-0.05, 0) is 27.8 Å². The number of hydrogen-bond acceptors (Lipinski definition) is 2. The Hall–Kier alpha value is -0.830. The number of rotatable bonds is 3. The zero-order chi connectivity index (χ0) is 9.14. The summed E-state index contributed by atoms with van der Waals surface area (Å²) in [5, 5.41) is 7.43. The lowest BCUT2D eigenvalue weighted by molar-refractivity contribution is 0.518.